The number of rotatable bonds is 2. The Balaban J connectivity index is 1.66. The van der Waals surface area contributed by atoms with Crippen molar-refractivity contribution in [2.24, 2.45) is 22.7 Å². The highest BCUT2D eigenvalue weighted by molar-refractivity contribution is 8.15. The van der Waals surface area contributed by atoms with Crippen LogP contribution in [0.1, 0.15) is 39.5 Å². The molecule has 23 heavy (non-hydrogen) atoms. The van der Waals surface area contributed by atoms with Gasteiger partial charge in [0, 0.05) is 17.2 Å². The van der Waals surface area contributed by atoms with Gasteiger partial charge in [-0.3, -0.25) is 4.79 Å². The summed E-state index contributed by atoms with van der Waals surface area (Å²) in [6, 6.07) is 0.413. The number of carbonyl (C=O) groups excluding carboxylic acids is 1. The fourth-order valence-electron chi connectivity index (χ4n) is 4.75. The molecule has 0 radical (unpaired) electrons. The van der Waals surface area contributed by atoms with Crippen LogP contribution in [0.2, 0.25) is 0 Å². The van der Waals surface area contributed by atoms with Crippen LogP contribution in [-0.4, -0.2) is 53.2 Å². The predicted molar refractivity (Wildman–Crippen MR) is 92.2 cm³/mol. The molecule has 128 valence electrons. The van der Waals surface area contributed by atoms with Crippen LogP contribution >= 0.6 is 11.8 Å². The Morgan fingerprint density at radius 3 is 2.61 bits per heavy atom. The summed E-state index contributed by atoms with van der Waals surface area (Å²) in [5.41, 5.74) is 0. The molecule has 2 saturated carbocycles. The van der Waals surface area contributed by atoms with Crippen LogP contribution in [0, 0.1) is 17.8 Å². The Bertz CT molecular complexity index is 658. The van der Waals surface area contributed by atoms with E-state index in [1.165, 1.54) is 31.0 Å². The second-order valence-corrected chi connectivity index (χ2v) is 11.2. The fourth-order valence-corrected chi connectivity index (χ4v) is 8.73. The predicted octanol–water partition coefficient (Wildman–Crippen LogP) is 1.93. The number of hydrogen-bond donors (Lipinski definition) is 0. The molecule has 5 nitrogen and oxygen atoms in total. The number of fused-ring (bicyclic) bond motifs is 3. The first kappa shape index (κ1) is 15.9. The van der Waals surface area contributed by atoms with Crippen molar-refractivity contribution < 1.29 is 13.2 Å². The third kappa shape index (κ3) is 2.73. The number of amides is 1. The van der Waals surface area contributed by atoms with Gasteiger partial charge >= 0.3 is 0 Å². The first-order valence-corrected chi connectivity index (χ1v) is 11.3. The molecule has 0 N–H and O–H groups in total. The van der Waals surface area contributed by atoms with Gasteiger partial charge in [-0.1, -0.05) is 32.0 Å². The van der Waals surface area contributed by atoms with Crippen molar-refractivity contribution in [1.82, 2.24) is 4.90 Å². The Morgan fingerprint density at radius 1 is 1.22 bits per heavy atom. The lowest BCUT2D eigenvalue weighted by molar-refractivity contribution is -0.120. The van der Waals surface area contributed by atoms with E-state index in [-0.39, 0.29) is 34.6 Å². The van der Waals surface area contributed by atoms with E-state index < -0.39 is 9.84 Å². The zero-order valence-electron chi connectivity index (χ0n) is 13.6. The number of amidine groups is 1. The number of hydrogen-bond acceptors (Lipinski definition) is 4. The highest BCUT2D eigenvalue weighted by Gasteiger charge is 2.54. The summed E-state index contributed by atoms with van der Waals surface area (Å²) in [6.07, 6.45) is 4.96. The Kier molecular flexibility index (Phi) is 3.80. The van der Waals surface area contributed by atoms with Crippen LogP contribution in [0.15, 0.2) is 4.99 Å². The first-order valence-electron chi connectivity index (χ1n) is 8.62. The van der Waals surface area contributed by atoms with Crippen molar-refractivity contribution in [1.29, 1.82) is 0 Å². The van der Waals surface area contributed by atoms with Gasteiger partial charge in [0.25, 0.3) is 5.91 Å². The molecule has 2 heterocycles. The van der Waals surface area contributed by atoms with Crippen molar-refractivity contribution >= 4 is 32.7 Å². The smallest absolute Gasteiger partial charge is 0.250 e. The minimum absolute atomic E-state index is 0.0214. The van der Waals surface area contributed by atoms with Crippen LogP contribution in [0.5, 0.6) is 0 Å². The zero-order chi connectivity index (χ0) is 16.4. The normalized spacial score (nSPS) is 42.8. The molecule has 5 atom stereocenters. The molecule has 4 rings (SSSR count). The topological polar surface area (TPSA) is 66.8 Å². The number of thioether (sulfide) groups is 1. The monoisotopic (exact) mass is 356 g/mol. The average Bonchev–Trinajstić information content (AvgIpc) is 3.17. The van der Waals surface area contributed by atoms with Gasteiger partial charge < -0.3 is 4.90 Å². The van der Waals surface area contributed by atoms with Crippen LogP contribution in [0.25, 0.3) is 0 Å². The highest BCUT2D eigenvalue weighted by atomic mass is 32.2. The summed E-state index contributed by atoms with van der Waals surface area (Å²) in [5.74, 6) is 1.69. The van der Waals surface area contributed by atoms with Gasteiger partial charge in [0.2, 0.25) is 0 Å². The molecule has 2 aliphatic heterocycles. The Hall–Kier alpha value is -0.560. The lowest BCUT2D eigenvalue weighted by atomic mass is 9.93. The van der Waals surface area contributed by atoms with Gasteiger partial charge in [0.15, 0.2) is 15.0 Å². The van der Waals surface area contributed by atoms with Gasteiger partial charge in [-0.05, 0) is 31.1 Å². The van der Waals surface area contributed by atoms with Crippen LogP contribution in [0.3, 0.4) is 0 Å². The fraction of sp³-hybridized carbons (Fsp3) is 0.875. The summed E-state index contributed by atoms with van der Waals surface area (Å²) in [6.45, 7) is 3.72. The minimum atomic E-state index is -2.95. The summed E-state index contributed by atoms with van der Waals surface area (Å²) in [5, 5.41) is 0.851. The van der Waals surface area contributed by atoms with Crippen molar-refractivity contribution in [3.63, 3.8) is 0 Å². The van der Waals surface area contributed by atoms with Gasteiger partial charge in [-0.25, -0.2) is 8.42 Å². The quantitative estimate of drug-likeness (QED) is 0.756. The van der Waals surface area contributed by atoms with E-state index in [9.17, 15) is 13.2 Å². The third-order valence-electron chi connectivity index (χ3n) is 5.86. The molecule has 0 aromatic carbocycles. The third-order valence-corrected chi connectivity index (χ3v) is 9.09. The molecule has 2 aliphatic carbocycles. The maximum Gasteiger partial charge on any atom is 0.250 e. The van der Waals surface area contributed by atoms with E-state index >= 15 is 0 Å². The van der Waals surface area contributed by atoms with E-state index in [1.54, 1.807) is 0 Å². The van der Waals surface area contributed by atoms with Gasteiger partial charge in [-0.2, -0.15) is 4.99 Å². The molecule has 7 heteroatoms. The number of nitrogens with zero attached hydrogens (tertiary/aromatic N) is 2. The molecule has 4 aliphatic rings. The van der Waals surface area contributed by atoms with Crippen LogP contribution < -0.4 is 0 Å². The van der Waals surface area contributed by atoms with Crippen LogP contribution in [-0.2, 0) is 14.6 Å². The maximum atomic E-state index is 12.1. The lowest BCUT2D eigenvalue weighted by Gasteiger charge is -2.36. The van der Waals surface area contributed by atoms with Crippen molar-refractivity contribution in [3.8, 4) is 0 Å². The van der Waals surface area contributed by atoms with E-state index in [2.05, 4.69) is 9.89 Å². The number of sulfone groups is 1. The Morgan fingerprint density at radius 2 is 2.00 bits per heavy atom. The number of carbonyl (C=O) groups is 1. The number of aliphatic imine (C=N–C) groups is 1. The largest absolute Gasteiger partial charge is 0.343 e. The molecule has 2 bridgehead atoms. The summed E-state index contributed by atoms with van der Waals surface area (Å²) in [4.78, 5) is 18.8. The lowest BCUT2D eigenvalue weighted by Crippen LogP contribution is -2.47. The first-order chi connectivity index (χ1) is 10.8. The van der Waals surface area contributed by atoms with Crippen molar-refractivity contribution in [3.05, 3.63) is 0 Å². The molecule has 1 amide bonds. The zero-order valence-corrected chi connectivity index (χ0v) is 15.3. The second kappa shape index (κ2) is 5.48. The van der Waals surface area contributed by atoms with E-state index in [4.69, 9.17) is 0 Å². The molecule has 0 spiro atoms. The molecule has 4 fully saturated rings. The van der Waals surface area contributed by atoms with Crippen molar-refractivity contribution in [2.45, 2.75) is 56.9 Å². The van der Waals surface area contributed by atoms with Crippen molar-refractivity contribution in [2.75, 3.05) is 11.5 Å². The van der Waals surface area contributed by atoms with Gasteiger partial charge in [0.05, 0.1) is 17.5 Å². The molecular weight excluding hydrogens is 332 g/mol. The summed E-state index contributed by atoms with van der Waals surface area (Å²) in [7, 11) is -2.95. The van der Waals surface area contributed by atoms with Crippen LogP contribution in [0.4, 0.5) is 0 Å². The molecule has 0 aromatic rings. The second-order valence-electron chi connectivity index (χ2n) is 7.84. The highest BCUT2D eigenvalue weighted by Crippen LogP contribution is 2.51. The van der Waals surface area contributed by atoms with Gasteiger partial charge in [-0.15, -0.1) is 0 Å². The van der Waals surface area contributed by atoms with E-state index in [0.717, 1.165) is 17.5 Å². The molecule has 0 unspecified atom stereocenters. The van der Waals surface area contributed by atoms with Gasteiger partial charge in [0.1, 0.15) is 0 Å². The summed E-state index contributed by atoms with van der Waals surface area (Å²) >= 11 is 1.53. The van der Waals surface area contributed by atoms with E-state index in [1.807, 2.05) is 13.8 Å². The Labute approximate surface area is 142 Å². The molecular formula is C16H24N2O3S2. The standard InChI is InChI=1S/C16H24N2O3S2/c1-9(2)15(19)17-16-18(12-6-10-3-4-11(12)5-10)13-7-23(20,21)8-14(13)22-16/h9-14H,3-8H2,1-2H3/t10-,11-,12-,13-,14+/m0/s1. The van der Waals surface area contributed by atoms with E-state index in [0.29, 0.717) is 12.0 Å². The molecule has 0 aromatic heterocycles. The minimum Gasteiger partial charge on any atom is -0.343 e. The molecule has 2 saturated heterocycles. The average molecular weight is 357 g/mol. The maximum absolute atomic E-state index is 12.1. The summed E-state index contributed by atoms with van der Waals surface area (Å²) < 4.78 is 24.1. The SMILES string of the molecule is CC(C)C(=O)N=C1S[C@@H]2CS(=O)(=O)C[C@@H]2N1[C@H]1C[C@H]2CC[C@H]1C2.